The lowest BCUT2D eigenvalue weighted by Gasteiger charge is -2.12. The van der Waals surface area contributed by atoms with Gasteiger partial charge in [0.05, 0.1) is 25.4 Å². The molecule has 134 valence electrons. The lowest BCUT2D eigenvalue weighted by molar-refractivity contribution is 0.102. The van der Waals surface area contributed by atoms with Crippen LogP contribution in [0.3, 0.4) is 0 Å². The Hall–Kier alpha value is -3.28. The molecule has 0 atom stereocenters. The topological polar surface area (TPSA) is 80.4 Å². The number of aryl methyl sites for hydroxylation is 2. The van der Waals surface area contributed by atoms with Crippen LogP contribution in [0.5, 0.6) is 11.5 Å². The molecule has 2 N–H and O–H groups in total. The van der Waals surface area contributed by atoms with Crippen molar-refractivity contribution in [1.29, 1.82) is 0 Å². The zero-order chi connectivity index (χ0) is 18.8. The van der Waals surface area contributed by atoms with Gasteiger partial charge in [-0.3, -0.25) is 9.59 Å². The van der Waals surface area contributed by atoms with Crippen molar-refractivity contribution >= 4 is 22.5 Å². The predicted molar refractivity (Wildman–Crippen MR) is 102 cm³/mol. The number of aromatic nitrogens is 1. The largest absolute Gasteiger partial charge is 0.497 e. The average molecular weight is 352 g/mol. The van der Waals surface area contributed by atoms with Gasteiger partial charge in [-0.1, -0.05) is 11.6 Å². The van der Waals surface area contributed by atoms with E-state index in [0.717, 1.165) is 22.0 Å². The number of hydrogen-bond donors (Lipinski definition) is 2. The van der Waals surface area contributed by atoms with Crippen LogP contribution in [-0.2, 0) is 0 Å². The van der Waals surface area contributed by atoms with E-state index in [0.29, 0.717) is 17.2 Å². The first-order chi connectivity index (χ1) is 12.4. The van der Waals surface area contributed by atoms with Crippen LogP contribution in [0.15, 0.2) is 41.2 Å². The van der Waals surface area contributed by atoms with Crippen molar-refractivity contribution in [2.75, 3.05) is 19.5 Å². The molecule has 0 saturated heterocycles. The minimum Gasteiger partial charge on any atom is -0.497 e. The van der Waals surface area contributed by atoms with Crippen molar-refractivity contribution in [2.45, 2.75) is 13.8 Å². The van der Waals surface area contributed by atoms with Gasteiger partial charge in [-0.05, 0) is 49.1 Å². The van der Waals surface area contributed by atoms with Crippen molar-refractivity contribution in [3.63, 3.8) is 0 Å². The summed E-state index contributed by atoms with van der Waals surface area (Å²) >= 11 is 0. The fourth-order valence-corrected chi connectivity index (χ4v) is 2.96. The molecule has 0 radical (unpaired) electrons. The summed E-state index contributed by atoms with van der Waals surface area (Å²) in [4.78, 5) is 27.9. The molecule has 1 amide bonds. The Balaban J connectivity index is 2.03. The van der Waals surface area contributed by atoms with Crippen LogP contribution in [0.1, 0.15) is 21.5 Å². The number of pyridine rings is 1. The van der Waals surface area contributed by atoms with Crippen LogP contribution in [0.2, 0.25) is 0 Å². The van der Waals surface area contributed by atoms with Gasteiger partial charge >= 0.3 is 0 Å². The molecule has 0 spiro atoms. The second-order valence-corrected chi connectivity index (χ2v) is 6.08. The summed E-state index contributed by atoms with van der Waals surface area (Å²) in [6.45, 7) is 3.89. The van der Waals surface area contributed by atoms with E-state index in [4.69, 9.17) is 9.47 Å². The van der Waals surface area contributed by atoms with E-state index in [1.54, 1.807) is 24.3 Å². The maximum absolute atomic E-state index is 12.7. The highest BCUT2D eigenvalue weighted by molar-refractivity contribution is 6.06. The highest BCUT2D eigenvalue weighted by atomic mass is 16.5. The van der Waals surface area contributed by atoms with Gasteiger partial charge < -0.3 is 19.8 Å². The van der Waals surface area contributed by atoms with Gasteiger partial charge in [0.2, 0.25) is 0 Å². The van der Waals surface area contributed by atoms with Gasteiger partial charge in [0, 0.05) is 6.07 Å². The van der Waals surface area contributed by atoms with Crippen LogP contribution in [0.25, 0.3) is 10.9 Å². The van der Waals surface area contributed by atoms with Gasteiger partial charge in [-0.2, -0.15) is 0 Å². The Morgan fingerprint density at radius 2 is 1.81 bits per heavy atom. The van der Waals surface area contributed by atoms with E-state index >= 15 is 0 Å². The van der Waals surface area contributed by atoms with Crippen molar-refractivity contribution < 1.29 is 14.3 Å². The molecule has 0 saturated carbocycles. The number of methoxy groups -OCH3 is 2. The summed E-state index contributed by atoms with van der Waals surface area (Å²) in [5.41, 5.74) is 2.77. The summed E-state index contributed by atoms with van der Waals surface area (Å²) in [5.74, 6) is 0.529. The first-order valence-corrected chi connectivity index (χ1v) is 8.10. The van der Waals surface area contributed by atoms with Gasteiger partial charge in [0.15, 0.2) is 0 Å². The molecule has 26 heavy (non-hydrogen) atoms. The molecule has 1 aromatic heterocycles. The Morgan fingerprint density at radius 3 is 2.50 bits per heavy atom. The lowest BCUT2D eigenvalue weighted by Crippen LogP contribution is -2.23. The number of rotatable bonds is 4. The Kier molecular flexibility index (Phi) is 4.67. The third-order valence-electron chi connectivity index (χ3n) is 4.19. The molecule has 2 aromatic carbocycles. The number of fused-ring (bicyclic) bond motifs is 1. The lowest BCUT2D eigenvalue weighted by atomic mass is 10.1. The van der Waals surface area contributed by atoms with E-state index in [1.165, 1.54) is 14.2 Å². The minimum absolute atomic E-state index is 0.0346. The number of anilines is 1. The molecule has 0 aliphatic carbocycles. The number of nitrogens with one attached hydrogen (secondary N) is 2. The minimum atomic E-state index is -0.515. The Bertz CT molecular complexity index is 1050. The predicted octanol–water partition coefficient (Wildman–Crippen LogP) is 3.41. The number of hydrogen-bond acceptors (Lipinski definition) is 4. The third kappa shape index (κ3) is 3.26. The number of H-pyrrole nitrogens is 1. The smallest absolute Gasteiger partial charge is 0.261 e. The molecule has 6 heteroatoms. The van der Waals surface area contributed by atoms with Crippen LogP contribution in [0, 0.1) is 13.8 Å². The standard InChI is InChI=1S/C20H20N2O4/c1-11-7-12(2)18-13(8-11)9-15(20(24)22-18)19(23)21-16-10-14(25-3)5-6-17(16)26-4/h5-10H,1-4H3,(H,21,23)(H,22,24). The first kappa shape index (κ1) is 17.5. The van der Waals surface area contributed by atoms with Crippen molar-refractivity contribution in [3.05, 3.63) is 63.4 Å². The molecule has 3 aromatic rings. The van der Waals surface area contributed by atoms with Crippen molar-refractivity contribution in [1.82, 2.24) is 4.98 Å². The molecular weight excluding hydrogens is 332 g/mol. The maximum atomic E-state index is 12.7. The molecule has 0 unspecified atom stereocenters. The molecule has 0 bridgehead atoms. The van der Waals surface area contributed by atoms with E-state index in [-0.39, 0.29) is 5.56 Å². The Morgan fingerprint density at radius 1 is 1.04 bits per heavy atom. The normalized spacial score (nSPS) is 10.6. The fraction of sp³-hybridized carbons (Fsp3) is 0.200. The second-order valence-electron chi connectivity index (χ2n) is 6.08. The van der Waals surface area contributed by atoms with Crippen LogP contribution >= 0.6 is 0 Å². The molecule has 0 fully saturated rings. The summed E-state index contributed by atoms with van der Waals surface area (Å²) in [5, 5.41) is 3.53. The summed E-state index contributed by atoms with van der Waals surface area (Å²) in [6.07, 6.45) is 0. The van der Waals surface area contributed by atoms with Gasteiger partial charge in [0.1, 0.15) is 17.1 Å². The second kappa shape index (κ2) is 6.92. The van der Waals surface area contributed by atoms with E-state index in [9.17, 15) is 9.59 Å². The van der Waals surface area contributed by atoms with Gasteiger partial charge in [0.25, 0.3) is 11.5 Å². The van der Waals surface area contributed by atoms with Crippen molar-refractivity contribution in [2.24, 2.45) is 0 Å². The number of amides is 1. The van der Waals surface area contributed by atoms with E-state index in [2.05, 4.69) is 10.3 Å². The summed E-state index contributed by atoms with van der Waals surface area (Å²) < 4.78 is 10.4. The van der Waals surface area contributed by atoms with Gasteiger partial charge in [-0.25, -0.2) is 0 Å². The number of carbonyl (C=O) groups excluding carboxylic acids is 1. The van der Waals surface area contributed by atoms with Crippen LogP contribution < -0.4 is 20.3 Å². The highest BCUT2D eigenvalue weighted by Crippen LogP contribution is 2.29. The SMILES string of the molecule is COc1ccc(OC)c(NC(=O)c2cc3cc(C)cc(C)c3[nH]c2=O)c1. The van der Waals surface area contributed by atoms with E-state index in [1.807, 2.05) is 26.0 Å². The van der Waals surface area contributed by atoms with Crippen molar-refractivity contribution in [3.8, 4) is 11.5 Å². The third-order valence-corrected chi connectivity index (χ3v) is 4.19. The number of benzene rings is 2. The van der Waals surface area contributed by atoms with Crippen LogP contribution in [0.4, 0.5) is 5.69 Å². The summed E-state index contributed by atoms with van der Waals surface area (Å²) in [7, 11) is 3.04. The quantitative estimate of drug-likeness (QED) is 0.754. The zero-order valence-electron chi connectivity index (χ0n) is 15.1. The van der Waals surface area contributed by atoms with E-state index < -0.39 is 11.5 Å². The highest BCUT2D eigenvalue weighted by Gasteiger charge is 2.15. The Labute approximate surface area is 150 Å². The molecule has 0 aliphatic rings. The first-order valence-electron chi connectivity index (χ1n) is 8.10. The molecule has 6 nitrogen and oxygen atoms in total. The molecule has 3 rings (SSSR count). The molecule has 1 heterocycles. The summed E-state index contributed by atoms with van der Waals surface area (Å²) in [6, 6.07) is 10.6. The number of carbonyl (C=O) groups is 1. The maximum Gasteiger partial charge on any atom is 0.261 e. The fourth-order valence-electron chi connectivity index (χ4n) is 2.96. The number of aromatic amines is 1. The zero-order valence-corrected chi connectivity index (χ0v) is 15.1. The average Bonchev–Trinajstić information content (AvgIpc) is 2.61. The molecular formula is C20H20N2O4. The van der Waals surface area contributed by atoms with Gasteiger partial charge in [-0.15, -0.1) is 0 Å². The number of ether oxygens (including phenoxy) is 2. The monoisotopic (exact) mass is 352 g/mol. The van der Waals surface area contributed by atoms with Crippen LogP contribution in [-0.4, -0.2) is 25.1 Å². The molecule has 0 aliphatic heterocycles.